The fourth-order valence-electron chi connectivity index (χ4n) is 8.85. The van der Waals surface area contributed by atoms with Gasteiger partial charge in [-0.2, -0.15) is 0 Å². The first kappa shape index (κ1) is 35.6. The van der Waals surface area contributed by atoms with Crippen molar-refractivity contribution < 1.29 is 0 Å². The number of H-pyrrole nitrogens is 1. The minimum atomic E-state index is -0.0944. The van der Waals surface area contributed by atoms with Gasteiger partial charge in [0.15, 0.2) is 0 Å². The zero-order valence-corrected chi connectivity index (χ0v) is 33.8. The van der Waals surface area contributed by atoms with Gasteiger partial charge in [-0.25, -0.2) is 4.98 Å². The molecule has 0 radical (unpaired) electrons. The number of para-hydroxylation sites is 2. The quantitative estimate of drug-likeness (QED) is 0.183. The second-order valence-corrected chi connectivity index (χ2v) is 16.8. The molecule has 3 aromatic heterocycles. The van der Waals surface area contributed by atoms with Crippen LogP contribution in [0.15, 0.2) is 194 Å². The van der Waals surface area contributed by atoms with Crippen molar-refractivity contribution in [2.45, 2.75) is 26.2 Å². The Balaban J connectivity index is 1.21. The number of pyridine rings is 1. The fraction of sp³-hybridized carbons (Fsp3) is 0.0714. The summed E-state index contributed by atoms with van der Waals surface area (Å²) in [6, 6.07) is 67.5. The molecule has 0 aliphatic carbocycles. The van der Waals surface area contributed by atoms with E-state index in [2.05, 4.69) is 218 Å². The van der Waals surface area contributed by atoms with Gasteiger partial charge in [0.05, 0.1) is 27.9 Å². The van der Waals surface area contributed by atoms with Gasteiger partial charge in [0, 0.05) is 44.6 Å². The predicted octanol–water partition coefficient (Wildman–Crippen LogP) is 14.8. The van der Waals surface area contributed by atoms with E-state index in [4.69, 9.17) is 9.97 Å². The average molecular weight is 771 g/mol. The second kappa shape index (κ2) is 14.1. The number of hydrogen-bond acceptors (Lipinski definition) is 2. The Kier molecular flexibility index (Phi) is 8.35. The first-order valence-electron chi connectivity index (χ1n) is 20.7. The third-order valence-electron chi connectivity index (χ3n) is 11.9. The Bertz CT molecular complexity index is 3400. The third kappa shape index (κ3) is 6.08. The molecule has 0 amide bonds. The van der Waals surface area contributed by atoms with E-state index in [1.165, 1.54) is 27.1 Å². The maximum Gasteiger partial charge on any atom is 0.147 e. The summed E-state index contributed by atoms with van der Waals surface area (Å²) in [5.74, 6) is 0.896. The highest BCUT2D eigenvalue weighted by Gasteiger charge is 2.25. The van der Waals surface area contributed by atoms with Crippen LogP contribution in [0.4, 0.5) is 0 Å². The molecule has 0 fully saturated rings. The number of aromatic amines is 1. The SMILES string of the molecule is CC(C)(C)c1cc(-c2nc3c(-c4cc(-c5ccccc5)cc(-c5cc(-c6ccccc6)ccn5)c4)cccc3n2-c2cccc3ccccc23)c2[nH]c3ccccc3c2c1. The smallest absolute Gasteiger partial charge is 0.147 e. The molecule has 0 aliphatic rings. The highest BCUT2D eigenvalue weighted by Crippen LogP contribution is 2.43. The van der Waals surface area contributed by atoms with Gasteiger partial charge in [0.2, 0.25) is 0 Å². The molecule has 0 atom stereocenters. The third-order valence-corrected chi connectivity index (χ3v) is 11.9. The predicted molar refractivity (Wildman–Crippen MR) is 252 cm³/mol. The van der Waals surface area contributed by atoms with Crippen molar-refractivity contribution in [3.63, 3.8) is 0 Å². The van der Waals surface area contributed by atoms with Gasteiger partial charge in [-0.05, 0) is 105 Å². The molecule has 3 heterocycles. The Morgan fingerprint density at radius 3 is 1.95 bits per heavy atom. The lowest BCUT2D eigenvalue weighted by molar-refractivity contribution is 0.591. The highest BCUT2D eigenvalue weighted by molar-refractivity contribution is 6.13. The van der Waals surface area contributed by atoms with E-state index in [0.29, 0.717) is 0 Å². The molecule has 60 heavy (non-hydrogen) atoms. The van der Waals surface area contributed by atoms with Crippen LogP contribution in [0.2, 0.25) is 0 Å². The van der Waals surface area contributed by atoms with Crippen molar-refractivity contribution in [3.8, 4) is 61.7 Å². The van der Waals surface area contributed by atoms with Gasteiger partial charge >= 0.3 is 0 Å². The number of aromatic nitrogens is 4. The Morgan fingerprint density at radius 1 is 0.483 bits per heavy atom. The number of imidazole rings is 1. The lowest BCUT2D eigenvalue weighted by Crippen LogP contribution is -2.11. The van der Waals surface area contributed by atoms with Crippen molar-refractivity contribution in [1.29, 1.82) is 0 Å². The van der Waals surface area contributed by atoms with Crippen LogP contribution < -0.4 is 0 Å². The maximum atomic E-state index is 5.77. The van der Waals surface area contributed by atoms with E-state index in [1.807, 2.05) is 6.20 Å². The molecule has 0 aliphatic heterocycles. The van der Waals surface area contributed by atoms with E-state index < -0.39 is 0 Å². The van der Waals surface area contributed by atoms with Crippen LogP contribution in [0.5, 0.6) is 0 Å². The van der Waals surface area contributed by atoms with Crippen molar-refractivity contribution in [2.24, 2.45) is 0 Å². The summed E-state index contributed by atoms with van der Waals surface area (Å²) in [5.41, 5.74) is 16.2. The zero-order chi connectivity index (χ0) is 40.4. The molecule has 0 spiro atoms. The largest absolute Gasteiger partial charge is 0.354 e. The van der Waals surface area contributed by atoms with Crippen molar-refractivity contribution in [3.05, 3.63) is 200 Å². The Morgan fingerprint density at radius 2 is 1.15 bits per heavy atom. The van der Waals surface area contributed by atoms with Gasteiger partial charge in [-0.3, -0.25) is 9.55 Å². The molecule has 0 saturated heterocycles. The minimum absolute atomic E-state index is 0.0944. The van der Waals surface area contributed by atoms with Crippen molar-refractivity contribution in [1.82, 2.24) is 19.5 Å². The summed E-state index contributed by atoms with van der Waals surface area (Å²) in [5, 5.41) is 4.77. The average Bonchev–Trinajstić information content (AvgIpc) is 3.88. The van der Waals surface area contributed by atoms with Crippen molar-refractivity contribution in [2.75, 3.05) is 0 Å². The summed E-state index contributed by atoms with van der Waals surface area (Å²) in [7, 11) is 0. The number of rotatable bonds is 6. The van der Waals surface area contributed by atoms with E-state index in [9.17, 15) is 0 Å². The van der Waals surface area contributed by atoms with E-state index in [1.54, 1.807) is 0 Å². The molecular formula is C56H42N4. The molecule has 4 nitrogen and oxygen atoms in total. The summed E-state index contributed by atoms with van der Waals surface area (Å²) in [6.45, 7) is 6.88. The number of nitrogens with zero attached hydrogens (tertiary/aromatic N) is 3. The normalized spacial score (nSPS) is 11.9. The van der Waals surface area contributed by atoms with Gasteiger partial charge < -0.3 is 4.98 Å². The first-order chi connectivity index (χ1) is 29.4. The molecular weight excluding hydrogens is 729 g/mol. The lowest BCUT2D eigenvalue weighted by Gasteiger charge is -2.21. The van der Waals surface area contributed by atoms with E-state index >= 15 is 0 Å². The van der Waals surface area contributed by atoms with Crippen LogP contribution in [0.25, 0.3) is 105 Å². The van der Waals surface area contributed by atoms with Crippen LogP contribution in [0.3, 0.4) is 0 Å². The zero-order valence-electron chi connectivity index (χ0n) is 33.8. The Labute approximate surface area is 349 Å². The maximum absolute atomic E-state index is 5.77. The first-order valence-corrected chi connectivity index (χ1v) is 20.7. The summed E-state index contributed by atoms with van der Waals surface area (Å²) in [4.78, 5) is 14.6. The molecule has 1 N–H and O–H groups in total. The van der Waals surface area contributed by atoms with Crippen LogP contribution in [-0.2, 0) is 5.41 Å². The molecule has 11 aromatic rings. The van der Waals surface area contributed by atoms with Crippen LogP contribution >= 0.6 is 0 Å². The minimum Gasteiger partial charge on any atom is -0.354 e. The number of nitrogens with one attached hydrogen (secondary N) is 1. The summed E-state index contributed by atoms with van der Waals surface area (Å²) >= 11 is 0. The lowest BCUT2D eigenvalue weighted by atomic mass is 9.85. The molecule has 4 heteroatoms. The fourth-order valence-corrected chi connectivity index (χ4v) is 8.85. The molecule has 286 valence electrons. The van der Waals surface area contributed by atoms with Crippen LogP contribution in [0.1, 0.15) is 26.3 Å². The highest BCUT2D eigenvalue weighted by atomic mass is 15.1. The standard InChI is InChI=1S/C56H42N4/c1-56(2,3)43-34-47-46-23-12-13-25-49(46)58-53(47)48(35-43)55-59-54-45(24-15-27-52(54)60(55)51-26-14-21-38-20-10-11-22-44(38)51)41-30-40(37-18-8-5-9-19-37)31-42(32-41)50-33-39(28-29-57-50)36-16-6-4-7-17-36/h4-35,58H,1-3H3. The number of benzene rings is 8. The van der Waals surface area contributed by atoms with E-state index in [-0.39, 0.29) is 5.41 Å². The van der Waals surface area contributed by atoms with Crippen LogP contribution in [0, 0.1) is 0 Å². The molecule has 0 unspecified atom stereocenters. The van der Waals surface area contributed by atoms with Gasteiger partial charge in [-0.15, -0.1) is 0 Å². The number of fused-ring (bicyclic) bond motifs is 5. The van der Waals surface area contributed by atoms with Crippen molar-refractivity contribution >= 4 is 43.6 Å². The van der Waals surface area contributed by atoms with Gasteiger partial charge in [0.25, 0.3) is 0 Å². The summed E-state index contributed by atoms with van der Waals surface area (Å²) < 4.78 is 2.39. The summed E-state index contributed by atoms with van der Waals surface area (Å²) in [6.07, 6.45) is 1.92. The Hall–Kier alpha value is -7.56. The topological polar surface area (TPSA) is 46.5 Å². The van der Waals surface area contributed by atoms with Crippen LogP contribution in [-0.4, -0.2) is 19.5 Å². The molecule has 0 bridgehead atoms. The van der Waals surface area contributed by atoms with Gasteiger partial charge in [0.1, 0.15) is 5.82 Å². The second-order valence-electron chi connectivity index (χ2n) is 16.8. The monoisotopic (exact) mass is 770 g/mol. The molecule has 0 saturated carbocycles. The molecule has 11 rings (SSSR count). The van der Waals surface area contributed by atoms with Gasteiger partial charge in [-0.1, -0.05) is 148 Å². The molecule has 8 aromatic carbocycles. The number of hydrogen-bond donors (Lipinski definition) is 1. The van der Waals surface area contributed by atoms with E-state index in [0.717, 1.165) is 83.8 Å².